The number of hydrogen-bond acceptors (Lipinski definition) is 5. The van der Waals surface area contributed by atoms with Gasteiger partial charge in [0.05, 0.1) is 0 Å². The highest BCUT2D eigenvalue weighted by molar-refractivity contribution is 5.90. The Morgan fingerprint density at radius 2 is 1.60 bits per heavy atom. The largest absolute Gasteiger partial charge is 0.350 e. The minimum atomic E-state index is -0.518. The maximum atomic E-state index is 13.4. The van der Waals surface area contributed by atoms with E-state index in [2.05, 4.69) is 10.8 Å². The van der Waals surface area contributed by atoms with Crippen LogP contribution in [0.5, 0.6) is 0 Å². The number of likely N-dealkylation sites (N-methyl/N-ethyl adjacent to an activating group) is 1. The number of amides is 3. The van der Waals surface area contributed by atoms with Crippen LogP contribution in [0.15, 0.2) is 0 Å². The van der Waals surface area contributed by atoms with Crippen LogP contribution in [0.3, 0.4) is 0 Å². The second-order valence-corrected chi connectivity index (χ2v) is 10.8. The van der Waals surface area contributed by atoms with E-state index in [4.69, 9.17) is 9.57 Å². The molecule has 8 nitrogen and oxygen atoms in total. The molecule has 0 spiro atoms. The highest BCUT2D eigenvalue weighted by Crippen LogP contribution is 2.28. The van der Waals surface area contributed by atoms with E-state index >= 15 is 0 Å². The molecule has 1 saturated carbocycles. The van der Waals surface area contributed by atoms with Crippen LogP contribution in [0, 0.1) is 11.8 Å². The van der Waals surface area contributed by atoms with Gasteiger partial charge in [-0.1, -0.05) is 64.2 Å². The first-order valence-electron chi connectivity index (χ1n) is 14.1. The molecule has 3 amide bonds. The second kappa shape index (κ2) is 15.4. The van der Waals surface area contributed by atoms with Crippen LogP contribution in [0.2, 0.25) is 0 Å². The van der Waals surface area contributed by atoms with Crippen molar-refractivity contribution in [2.24, 2.45) is 11.8 Å². The number of carbonyl (C=O) groups is 3. The maximum absolute atomic E-state index is 13.4. The van der Waals surface area contributed by atoms with Gasteiger partial charge in [-0.05, 0) is 38.0 Å². The molecule has 3 atom stereocenters. The lowest BCUT2D eigenvalue weighted by molar-refractivity contribution is -0.200. The number of nitrogens with one attached hydrogen (secondary N) is 2. The zero-order chi connectivity index (χ0) is 24.9. The molecule has 3 fully saturated rings. The molecule has 3 rings (SSSR count). The van der Waals surface area contributed by atoms with Gasteiger partial charge < -0.3 is 15.0 Å². The van der Waals surface area contributed by atoms with E-state index < -0.39 is 18.2 Å². The number of rotatable bonds is 6. The van der Waals surface area contributed by atoms with Gasteiger partial charge in [0.1, 0.15) is 6.04 Å². The zero-order valence-corrected chi connectivity index (χ0v) is 21.7. The maximum Gasteiger partial charge on any atom is 0.244 e. The number of hydroxylamine groups is 1. The Bertz CT molecular complexity index is 661. The van der Waals surface area contributed by atoms with Gasteiger partial charge in [-0.15, -0.1) is 0 Å². The number of hydrogen-bond donors (Lipinski definition) is 2. The van der Waals surface area contributed by atoms with Crippen LogP contribution in [0.4, 0.5) is 0 Å². The molecular formula is C27H47N3O5. The molecule has 1 unspecified atom stereocenters. The van der Waals surface area contributed by atoms with Crippen molar-refractivity contribution in [3.05, 3.63) is 0 Å². The molecule has 3 aliphatic rings. The average Bonchev–Trinajstić information content (AvgIpc) is 2.88. The summed E-state index contributed by atoms with van der Waals surface area (Å²) in [5.74, 6) is -0.500. The van der Waals surface area contributed by atoms with E-state index in [1.807, 2.05) is 7.05 Å². The van der Waals surface area contributed by atoms with E-state index in [1.165, 1.54) is 19.3 Å². The van der Waals surface area contributed by atoms with Crippen molar-refractivity contribution in [3.63, 3.8) is 0 Å². The third-order valence-corrected chi connectivity index (χ3v) is 7.83. The summed E-state index contributed by atoms with van der Waals surface area (Å²) in [6.07, 6.45) is 16.0. The van der Waals surface area contributed by atoms with Crippen LogP contribution in [0.1, 0.15) is 109 Å². The summed E-state index contributed by atoms with van der Waals surface area (Å²) in [5, 5.41) is 3.08. The van der Waals surface area contributed by atoms with Crippen LogP contribution in [0.25, 0.3) is 0 Å². The molecule has 0 bridgehead atoms. The van der Waals surface area contributed by atoms with Crippen molar-refractivity contribution in [3.8, 4) is 0 Å². The topological polar surface area (TPSA) is 97.0 Å². The molecule has 35 heavy (non-hydrogen) atoms. The minimum Gasteiger partial charge on any atom is -0.350 e. The molecule has 8 heteroatoms. The molecule has 2 heterocycles. The van der Waals surface area contributed by atoms with Gasteiger partial charge >= 0.3 is 0 Å². The Kier molecular flexibility index (Phi) is 12.3. The average molecular weight is 494 g/mol. The predicted molar refractivity (Wildman–Crippen MR) is 134 cm³/mol. The Morgan fingerprint density at radius 3 is 2.34 bits per heavy atom. The lowest BCUT2D eigenvalue weighted by Gasteiger charge is -2.30. The van der Waals surface area contributed by atoms with Gasteiger partial charge in [-0.25, -0.2) is 10.3 Å². The second-order valence-electron chi connectivity index (χ2n) is 10.8. The SMILES string of the molecule is CN1CCCCCCCC[C@H](CC(=O)NOC2CCCCO2)C(=O)N[C@@H](CC2CCCCC2)C1=O. The fourth-order valence-corrected chi connectivity index (χ4v) is 5.62. The van der Waals surface area contributed by atoms with E-state index in [-0.39, 0.29) is 24.1 Å². The fraction of sp³-hybridized carbons (Fsp3) is 0.889. The summed E-state index contributed by atoms with van der Waals surface area (Å²) in [6, 6.07) is -0.518. The lowest BCUT2D eigenvalue weighted by atomic mass is 9.84. The monoisotopic (exact) mass is 493 g/mol. The van der Waals surface area contributed by atoms with Gasteiger partial charge in [-0.2, -0.15) is 0 Å². The highest BCUT2D eigenvalue weighted by atomic mass is 16.8. The van der Waals surface area contributed by atoms with Gasteiger partial charge in [-0.3, -0.25) is 14.4 Å². The molecule has 0 radical (unpaired) electrons. The predicted octanol–water partition coefficient (Wildman–Crippen LogP) is 4.23. The van der Waals surface area contributed by atoms with Crippen molar-refractivity contribution in [1.82, 2.24) is 15.7 Å². The van der Waals surface area contributed by atoms with Crippen LogP contribution in [-0.2, 0) is 24.0 Å². The molecule has 0 aromatic carbocycles. The van der Waals surface area contributed by atoms with Crippen LogP contribution < -0.4 is 10.8 Å². The zero-order valence-electron chi connectivity index (χ0n) is 21.7. The normalized spacial score (nSPS) is 28.7. The smallest absolute Gasteiger partial charge is 0.244 e. The number of nitrogens with zero attached hydrogens (tertiary/aromatic N) is 1. The summed E-state index contributed by atoms with van der Waals surface area (Å²) in [4.78, 5) is 46.6. The van der Waals surface area contributed by atoms with Gasteiger partial charge in [0.25, 0.3) is 0 Å². The molecule has 2 saturated heterocycles. The summed E-state index contributed by atoms with van der Waals surface area (Å²) in [7, 11) is 1.85. The first kappa shape index (κ1) is 27.9. The van der Waals surface area contributed by atoms with Crippen molar-refractivity contribution in [1.29, 1.82) is 0 Å². The van der Waals surface area contributed by atoms with Crippen molar-refractivity contribution in [2.75, 3.05) is 20.2 Å². The van der Waals surface area contributed by atoms with Gasteiger partial charge in [0.2, 0.25) is 17.7 Å². The van der Waals surface area contributed by atoms with Crippen molar-refractivity contribution < 1.29 is 24.0 Å². The van der Waals surface area contributed by atoms with Gasteiger partial charge in [0.15, 0.2) is 6.29 Å². The third kappa shape index (κ3) is 10.1. The summed E-state index contributed by atoms with van der Waals surface area (Å²) in [5.41, 5.74) is 2.50. The molecular weight excluding hydrogens is 446 g/mol. The quantitative estimate of drug-likeness (QED) is 0.540. The number of carbonyl (C=O) groups excluding carboxylic acids is 3. The summed E-state index contributed by atoms with van der Waals surface area (Å²) in [6.45, 7) is 1.36. The Hall–Kier alpha value is -1.67. The van der Waals surface area contributed by atoms with E-state index in [0.29, 0.717) is 25.4 Å². The Balaban J connectivity index is 1.63. The van der Waals surface area contributed by atoms with Gasteiger partial charge in [0, 0.05) is 39.0 Å². The number of ether oxygens (including phenoxy) is 1. The van der Waals surface area contributed by atoms with Crippen molar-refractivity contribution in [2.45, 2.75) is 121 Å². The summed E-state index contributed by atoms with van der Waals surface area (Å²) >= 11 is 0. The minimum absolute atomic E-state index is 0.00182. The molecule has 2 aliphatic heterocycles. The standard InChI is InChI=1S/C27H47N3O5/c1-30-17-11-5-3-2-4-9-15-22(20-24(31)29-35-25-16-10-12-18-34-25)26(32)28-23(27(30)33)19-21-13-7-6-8-14-21/h21-23,25H,2-20H2,1H3,(H,28,32)(H,29,31)/t22-,23+,25?/m1/s1. The highest BCUT2D eigenvalue weighted by Gasteiger charge is 2.31. The third-order valence-electron chi connectivity index (χ3n) is 7.83. The fourth-order valence-electron chi connectivity index (χ4n) is 5.62. The lowest BCUT2D eigenvalue weighted by Crippen LogP contribution is -2.50. The molecule has 1 aliphatic carbocycles. The van der Waals surface area contributed by atoms with Crippen LogP contribution >= 0.6 is 0 Å². The van der Waals surface area contributed by atoms with E-state index in [0.717, 1.165) is 77.2 Å². The van der Waals surface area contributed by atoms with Crippen molar-refractivity contribution >= 4 is 17.7 Å². The van der Waals surface area contributed by atoms with Crippen LogP contribution in [-0.4, -0.2) is 55.2 Å². The first-order valence-corrected chi connectivity index (χ1v) is 14.1. The molecule has 200 valence electrons. The Labute approximate surface area is 211 Å². The van der Waals surface area contributed by atoms with E-state index in [9.17, 15) is 14.4 Å². The molecule has 0 aromatic heterocycles. The molecule has 2 N–H and O–H groups in total. The summed E-state index contributed by atoms with van der Waals surface area (Å²) < 4.78 is 5.50. The van der Waals surface area contributed by atoms with E-state index in [1.54, 1.807) is 4.90 Å². The molecule has 0 aromatic rings. The first-order chi connectivity index (χ1) is 17.0. The Morgan fingerprint density at radius 1 is 0.943 bits per heavy atom.